The summed E-state index contributed by atoms with van der Waals surface area (Å²) in [4.78, 5) is 23.5. The number of nitrogens with zero attached hydrogens (tertiary/aromatic N) is 1. The maximum absolute atomic E-state index is 11.7. The Morgan fingerprint density at radius 2 is 2.11 bits per heavy atom. The summed E-state index contributed by atoms with van der Waals surface area (Å²) in [5.41, 5.74) is 1.86. The van der Waals surface area contributed by atoms with Crippen LogP contribution in [0.5, 0.6) is 0 Å². The molecule has 0 saturated heterocycles. The van der Waals surface area contributed by atoms with Gasteiger partial charge in [0.15, 0.2) is 0 Å². The fourth-order valence-corrected chi connectivity index (χ4v) is 1.45. The van der Waals surface area contributed by atoms with Crippen molar-refractivity contribution in [3.63, 3.8) is 0 Å². The Morgan fingerprint density at radius 3 is 2.72 bits per heavy atom. The zero-order valence-corrected chi connectivity index (χ0v) is 10.6. The van der Waals surface area contributed by atoms with Crippen LogP contribution < -0.4 is 5.32 Å². The van der Waals surface area contributed by atoms with Gasteiger partial charge >= 0.3 is 12.0 Å². The molecule has 98 valence electrons. The normalized spacial score (nSPS) is 9.89. The van der Waals surface area contributed by atoms with Crippen molar-refractivity contribution in [3.05, 3.63) is 29.8 Å². The van der Waals surface area contributed by atoms with E-state index >= 15 is 0 Å². The molecule has 0 saturated carbocycles. The Hall–Kier alpha value is -2.04. The molecule has 1 rings (SSSR count). The van der Waals surface area contributed by atoms with Crippen LogP contribution in [-0.4, -0.2) is 35.6 Å². The van der Waals surface area contributed by atoms with Gasteiger partial charge in [-0.3, -0.25) is 4.79 Å². The van der Waals surface area contributed by atoms with Crippen molar-refractivity contribution < 1.29 is 14.7 Å². The highest BCUT2D eigenvalue weighted by Crippen LogP contribution is 2.11. The molecule has 5 nitrogen and oxygen atoms in total. The second-order valence-corrected chi connectivity index (χ2v) is 4.05. The third-order valence-electron chi connectivity index (χ3n) is 2.59. The summed E-state index contributed by atoms with van der Waals surface area (Å²) < 4.78 is 0. The molecule has 1 aromatic rings. The number of amides is 2. The molecular formula is C13H18N2O3. The highest BCUT2D eigenvalue weighted by molar-refractivity contribution is 5.89. The summed E-state index contributed by atoms with van der Waals surface area (Å²) in [6.07, 6.45) is 0.845. The number of carbonyl (C=O) groups excluding carboxylic acids is 1. The van der Waals surface area contributed by atoms with Crippen molar-refractivity contribution in [3.8, 4) is 0 Å². The lowest BCUT2D eigenvalue weighted by molar-refractivity contribution is -0.137. The van der Waals surface area contributed by atoms with Crippen LogP contribution in [0.15, 0.2) is 24.3 Å². The lowest BCUT2D eigenvalue weighted by atomic mass is 10.1. The lowest BCUT2D eigenvalue weighted by Gasteiger charge is -2.17. The van der Waals surface area contributed by atoms with E-state index in [4.69, 9.17) is 5.11 Å². The molecule has 0 atom stereocenters. The maximum atomic E-state index is 11.7. The number of carbonyl (C=O) groups is 2. The van der Waals surface area contributed by atoms with Crippen LogP contribution in [0.25, 0.3) is 0 Å². The molecule has 0 radical (unpaired) electrons. The standard InChI is InChI=1S/C13H18N2O3/c1-3-10-5-4-6-11(9-10)14-13(18)15(2)8-7-12(16)17/h4-6,9H,3,7-8H2,1-2H3,(H,14,18)(H,16,17). The summed E-state index contributed by atoms with van der Waals surface area (Å²) in [6, 6.07) is 7.28. The van der Waals surface area contributed by atoms with Crippen molar-refractivity contribution in [2.75, 3.05) is 18.9 Å². The molecule has 5 heteroatoms. The fourth-order valence-electron chi connectivity index (χ4n) is 1.45. The van der Waals surface area contributed by atoms with Gasteiger partial charge in [-0.05, 0) is 24.1 Å². The van der Waals surface area contributed by atoms with Crippen LogP contribution in [0.1, 0.15) is 18.9 Å². The van der Waals surface area contributed by atoms with E-state index in [2.05, 4.69) is 5.32 Å². The Kier molecular flexibility index (Phi) is 5.17. The van der Waals surface area contributed by atoms with Gasteiger partial charge in [0.2, 0.25) is 0 Å². The second kappa shape index (κ2) is 6.64. The van der Waals surface area contributed by atoms with Gasteiger partial charge < -0.3 is 15.3 Å². The first-order chi connectivity index (χ1) is 8.52. The molecule has 1 aromatic carbocycles. The minimum Gasteiger partial charge on any atom is -0.481 e. The highest BCUT2D eigenvalue weighted by Gasteiger charge is 2.10. The lowest BCUT2D eigenvalue weighted by Crippen LogP contribution is -2.33. The number of carboxylic acids is 1. The SMILES string of the molecule is CCc1cccc(NC(=O)N(C)CCC(=O)O)c1. The number of urea groups is 1. The predicted octanol–water partition coefficient (Wildman–Crippen LogP) is 2.19. The van der Waals surface area contributed by atoms with E-state index in [0.717, 1.165) is 17.7 Å². The van der Waals surface area contributed by atoms with Gasteiger partial charge in [-0.2, -0.15) is 0 Å². The molecule has 0 spiro atoms. The first-order valence-electron chi connectivity index (χ1n) is 5.85. The molecule has 18 heavy (non-hydrogen) atoms. The maximum Gasteiger partial charge on any atom is 0.321 e. The van der Waals surface area contributed by atoms with E-state index in [1.807, 2.05) is 31.2 Å². The molecule has 0 unspecified atom stereocenters. The number of hydrogen-bond donors (Lipinski definition) is 2. The van der Waals surface area contributed by atoms with Gasteiger partial charge in [-0.25, -0.2) is 4.79 Å². The van der Waals surface area contributed by atoms with E-state index in [0.29, 0.717) is 0 Å². The molecule has 0 aliphatic heterocycles. The number of benzene rings is 1. The largest absolute Gasteiger partial charge is 0.481 e. The molecule has 0 fully saturated rings. The molecule has 0 bridgehead atoms. The zero-order valence-electron chi connectivity index (χ0n) is 10.6. The minimum absolute atomic E-state index is 0.0566. The number of hydrogen-bond acceptors (Lipinski definition) is 2. The monoisotopic (exact) mass is 250 g/mol. The number of anilines is 1. The molecule has 0 aromatic heterocycles. The average molecular weight is 250 g/mol. The summed E-state index contributed by atoms with van der Waals surface area (Å²) in [5, 5.41) is 11.3. The summed E-state index contributed by atoms with van der Waals surface area (Å²) in [5.74, 6) is -0.914. The van der Waals surface area contributed by atoms with Crippen LogP contribution in [0, 0.1) is 0 Å². The molecule has 2 amide bonds. The number of aryl methyl sites for hydroxylation is 1. The van der Waals surface area contributed by atoms with Crippen LogP contribution in [-0.2, 0) is 11.2 Å². The van der Waals surface area contributed by atoms with Gasteiger partial charge in [0, 0.05) is 19.3 Å². The molecule has 0 aliphatic carbocycles. The molecular weight excluding hydrogens is 232 g/mol. The van der Waals surface area contributed by atoms with Crippen LogP contribution in [0.4, 0.5) is 10.5 Å². The van der Waals surface area contributed by atoms with Gasteiger partial charge in [-0.1, -0.05) is 19.1 Å². The number of rotatable bonds is 5. The third kappa shape index (κ3) is 4.45. The van der Waals surface area contributed by atoms with E-state index < -0.39 is 5.97 Å². The quantitative estimate of drug-likeness (QED) is 0.841. The Bertz CT molecular complexity index is 432. The van der Waals surface area contributed by atoms with E-state index in [1.165, 1.54) is 4.90 Å². The smallest absolute Gasteiger partial charge is 0.321 e. The third-order valence-corrected chi connectivity index (χ3v) is 2.59. The van der Waals surface area contributed by atoms with E-state index in [-0.39, 0.29) is 19.0 Å². The van der Waals surface area contributed by atoms with Crippen molar-refractivity contribution in [1.29, 1.82) is 0 Å². The van der Waals surface area contributed by atoms with Crippen LogP contribution >= 0.6 is 0 Å². The first-order valence-corrected chi connectivity index (χ1v) is 5.85. The van der Waals surface area contributed by atoms with Crippen molar-refractivity contribution in [2.24, 2.45) is 0 Å². The second-order valence-electron chi connectivity index (χ2n) is 4.05. The first kappa shape index (κ1) is 14.0. The summed E-state index contributed by atoms with van der Waals surface area (Å²) in [6.45, 7) is 2.23. The van der Waals surface area contributed by atoms with Gasteiger partial charge in [0.1, 0.15) is 0 Å². The summed E-state index contributed by atoms with van der Waals surface area (Å²) >= 11 is 0. The fraction of sp³-hybridized carbons (Fsp3) is 0.385. The van der Waals surface area contributed by atoms with Crippen molar-refractivity contribution >= 4 is 17.7 Å². The van der Waals surface area contributed by atoms with E-state index in [9.17, 15) is 9.59 Å². The van der Waals surface area contributed by atoms with Gasteiger partial charge in [0.05, 0.1) is 6.42 Å². The van der Waals surface area contributed by atoms with E-state index in [1.54, 1.807) is 7.05 Å². The van der Waals surface area contributed by atoms with Crippen LogP contribution in [0.2, 0.25) is 0 Å². The topological polar surface area (TPSA) is 69.6 Å². The van der Waals surface area contributed by atoms with Crippen molar-refractivity contribution in [1.82, 2.24) is 4.90 Å². The molecule has 0 heterocycles. The predicted molar refractivity (Wildman–Crippen MR) is 69.7 cm³/mol. The van der Waals surface area contributed by atoms with Crippen LogP contribution in [0.3, 0.4) is 0 Å². The summed E-state index contributed by atoms with van der Waals surface area (Å²) in [7, 11) is 1.57. The van der Waals surface area contributed by atoms with Gasteiger partial charge in [0.25, 0.3) is 0 Å². The Morgan fingerprint density at radius 1 is 1.39 bits per heavy atom. The number of aliphatic carboxylic acids is 1. The highest BCUT2D eigenvalue weighted by atomic mass is 16.4. The number of carboxylic acid groups (broad SMARTS) is 1. The number of nitrogens with one attached hydrogen (secondary N) is 1. The Labute approximate surface area is 106 Å². The minimum atomic E-state index is -0.914. The average Bonchev–Trinajstić information content (AvgIpc) is 2.36. The Balaban J connectivity index is 2.55. The zero-order chi connectivity index (χ0) is 13.5. The molecule has 0 aliphatic rings. The molecule has 2 N–H and O–H groups in total. The van der Waals surface area contributed by atoms with Crippen molar-refractivity contribution in [2.45, 2.75) is 19.8 Å². The van der Waals surface area contributed by atoms with Gasteiger partial charge in [-0.15, -0.1) is 0 Å².